The van der Waals surface area contributed by atoms with Crippen LogP contribution in [-0.2, 0) is 20.9 Å². The van der Waals surface area contributed by atoms with Gasteiger partial charge in [-0.2, -0.15) is 0 Å². The summed E-state index contributed by atoms with van der Waals surface area (Å²) in [6, 6.07) is 4.23. The second kappa shape index (κ2) is 7.98. The second-order valence-electron chi connectivity index (χ2n) is 7.52. The standard InChI is InChI=1S/C21H22O10/c1-8(23)2-12-16-10(7-29-12)3-9-4-11(24)5-13(15(9)18(16)26)30-21-20(28)19(27)17(25)14(6-22)31-21/h2-5,14,17,19-22,24-28H,6-7H2,1H3/b12-2-/t14-,17-,19+,20-,21-/m1/s1. The Balaban J connectivity index is 1.81. The highest BCUT2D eigenvalue weighted by molar-refractivity contribution is 6.02. The highest BCUT2D eigenvalue weighted by Gasteiger charge is 2.45. The van der Waals surface area contributed by atoms with E-state index < -0.39 is 37.3 Å². The van der Waals surface area contributed by atoms with Crippen molar-refractivity contribution in [3.8, 4) is 17.2 Å². The van der Waals surface area contributed by atoms with Crippen LogP contribution in [0.3, 0.4) is 0 Å². The summed E-state index contributed by atoms with van der Waals surface area (Å²) < 4.78 is 16.5. The molecule has 0 unspecified atom stereocenters. The molecule has 0 radical (unpaired) electrons. The Labute approximate surface area is 176 Å². The lowest BCUT2D eigenvalue weighted by molar-refractivity contribution is -0.277. The number of phenolic OH excluding ortho intramolecular Hbond substituents is 2. The van der Waals surface area contributed by atoms with Gasteiger partial charge in [-0.15, -0.1) is 0 Å². The Morgan fingerprint density at radius 1 is 1.16 bits per heavy atom. The van der Waals surface area contributed by atoms with Crippen molar-refractivity contribution in [2.45, 2.75) is 44.2 Å². The van der Waals surface area contributed by atoms with Gasteiger partial charge in [0, 0.05) is 17.7 Å². The van der Waals surface area contributed by atoms with Crippen LogP contribution in [0.15, 0.2) is 24.3 Å². The van der Waals surface area contributed by atoms with Crippen LogP contribution in [0.2, 0.25) is 0 Å². The fourth-order valence-corrected chi connectivity index (χ4v) is 3.82. The van der Waals surface area contributed by atoms with E-state index in [0.29, 0.717) is 16.5 Å². The lowest BCUT2D eigenvalue weighted by atomic mass is 9.98. The topological polar surface area (TPSA) is 166 Å². The second-order valence-corrected chi connectivity index (χ2v) is 7.52. The molecule has 0 spiro atoms. The Morgan fingerprint density at radius 3 is 2.58 bits per heavy atom. The minimum Gasteiger partial charge on any atom is -0.508 e. The van der Waals surface area contributed by atoms with Gasteiger partial charge in [0.05, 0.1) is 17.6 Å². The van der Waals surface area contributed by atoms with Gasteiger partial charge in [-0.1, -0.05) is 0 Å². The van der Waals surface area contributed by atoms with Gasteiger partial charge in [0.2, 0.25) is 6.29 Å². The lowest BCUT2D eigenvalue weighted by Gasteiger charge is -2.39. The molecule has 2 aromatic carbocycles. The summed E-state index contributed by atoms with van der Waals surface area (Å²) in [4.78, 5) is 11.5. The maximum atomic E-state index is 11.5. The van der Waals surface area contributed by atoms with Crippen LogP contribution >= 0.6 is 0 Å². The molecule has 0 amide bonds. The zero-order valence-electron chi connectivity index (χ0n) is 16.4. The number of hydrogen-bond acceptors (Lipinski definition) is 10. The van der Waals surface area contributed by atoms with E-state index in [1.165, 1.54) is 25.1 Å². The third-order valence-corrected chi connectivity index (χ3v) is 5.30. The molecule has 2 aliphatic heterocycles. The molecule has 0 aromatic heterocycles. The van der Waals surface area contributed by atoms with Gasteiger partial charge in [0.15, 0.2) is 5.78 Å². The quantitative estimate of drug-likeness (QED) is 0.358. The minimum atomic E-state index is -1.68. The molecule has 0 aliphatic carbocycles. The molecule has 1 fully saturated rings. The largest absolute Gasteiger partial charge is 0.508 e. The van der Waals surface area contributed by atoms with Crippen molar-refractivity contribution in [2.75, 3.05) is 6.61 Å². The molecule has 2 heterocycles. The van der Waals surface area contributed by atoms with Crippen LogP contribution in [0, 0.1) is 0 Å². The van der Waals surface area contributed by atoms with Crippen LogP contribution in [-0.4, -0.2) is 73.7 Å². The van der Waals surface area contributed by atoms with Gasteiger partial charge in [-0.25, -0.2) is 0 Å². The number of rotatable bonds is 4. The first kappa shape index (κ1) is 21.3. The number of hydrogen-bond donors (Lipinski definition) is 6. The number of phenols is 2. The first-order valence-electron chi connectivity index (χ1n) is 9.55. The molecule has 1 saturated heterocycles. The Morgan fingerprint density at radius 2 is 1.90 bits per heavy atom. The number of ketones is 1. The molecule has 5 atom stereocenters. The number of aromatic hydroxyl groups is 2. The van der Waals surface area contributed by atoms with Crippen molar-refractivity contribution in [3.63, 3.8) is 0 Å². The number of carbonyl (C=O) groups excluding carboxylic acids is 1. The molecule has 6 N–H and O–H groups in total. The fraction of sp³-hybridized carbons (Fsp3) is 0.381. The van der Waals surface area contributed by atoms with Gasteiger partial charge in [-0.05, 0) is 24.4 Å². The predicted octanol–water partition coefficient (Wildman–Crippen LogP) is -0.110. The number of allylic oxidation sites excluding steroid dienone is 1. The average molecular weight is 434 g/mol. The molecule has 0 saturated carbocycles. The van der Waals surface area contributed by atoms with E-state index in [9.17, 15) is 35.4 Å². The molecule has 31 heavy (non-hydrogen) atoms. The normalized spacial score (nSPS) is 29.1. The average Bonchev–Trinajstić information content (AvgIpc) is 3.10. The lowest BCUT2D eigenvalue weighted by Crippen LogP contribution is -2.60. The molecule has 166 valence electrons. The number of benzene rings is 2. The van der Waals surface area contributed by atoms with Gasteiger partial charge in [-0.3, -0.25) is 4.79 Å². The summed E-state index contributed by atoms with van der Waals surface area (Å²) in [5.74, 6) is -0.643. The maximum absolute atomic E-state index is 11.5. The van der Waals surface area contributed by atoms with Crippen molar-refractivity contribution in [3.05, 3.63) is 35.4 Å². The molecule has 2 aliphatic rings. The predicted molar refractivity (Wildman–Crippen MR) is 105 cm³/mol. The highest BCUT2D eigenvalue weighted by Crippen LogP contribution is 2.46. The monoisotopic (exact) mass is 434 g/mol. The van der Waals surface area contributed by atoms with E-state index >= 15 is 0 Å². The molecular weight excluding hydrogens is 412 g/mol. The minimum absolute atomic E-state index is 0.0892. The van der Waals surface area contributed by atoms with E-state index in [-0.39, 0.29) is 40.8 Å². The molecular formula is C21H22O10. The summed E-state index contributed by atoms with van der Waals surface area (Å²) in [6.07, 6.45) is -6.36. The molecule has 10 heteroatoms. The van der Waals surface area contributed by atoms with Crippen LogP contribution in [0.5, 0.6) is 17.2 Å². The SMILES string of the molecule is CC(=O)/C=C1\OCc2cc3cc(O)cc(O[C@@H]4O[C@H](CO)[C@@H](O)[C@H](O)[C@H]4O)c3c(O)c21. The maximum Gasteiger partial charge on any atom is 0.229 e. The van der Waals surface area contributed by atoms with Crippen molar-refractivity contribution in [1.82, 2.24) is 0 Å². The zero-order valence-corrected chi connectivity index (χ0v) is 16.4. The van der Waals surface area contributed by atoms with E-state index in [1.807, 2.05) is 0 Å². The summed E-state index contributed by atoms with van der Waals surface area (Å²) in [6.45, 7) is 0.829. The third-order valence-electron chi connectivity index (χ3n) is 5.30. The van der Waals surface area contributed by atoms with Gasteiger partial charge in [0.1, 0.15) is 54.0 Å². The van der Waals surface area contributed by atoms with Crippen molar-refractivity contribution in [1.29, 1.82) is 0 Å². The van der Waals surface area contributed by atoms with Crippen LogP contribution < -0.4 is 4.74 Å². The number of aliphatic hydroxyl groups excluding tert-OH is 4. The van der Waals surface area contributed by atoms with E-state index in [2.05, 4.69) is 0 Å². The first-order chi connectivity index (χ1) is 14.7. The van der Waals surface area contributed by atoms with Crippen molar-refractivity contribution < 1.29 is 49.6 Å². The van der Waals surface area contributed by atoms with Crippen LogP contribution in [0.25, 0.3) is 16.5 Å². The molecule has 10 nitrogen and oxygen atoms in total. The van der Waals surface area contributed by atoms with E-state index in [1.54, 1.807) is 6.07 Å². The Hall–Kier alpha value is -2.89. The van der Waals surface area contributed by atoms with Crippen molar-refractivity contribution >= 4 is 22.3 Å². The van der Waals surface area contributed by atoms with Gasteiger partial charge in [0.25, 0.3) is 0 Å². The molecule has 0 bridgehead atoms. The summed E-state index contributed by atoms with van der Waals surface area (Å²) >= 11 is 0. The van der Waals surface area contributed by atoms with E-state index in [4.69, 9.17) is 14.2 Å². The number of aliphatic hydroxyl groups is 4. The third kappa shape index (κ3) is 3.68. The smallest absolute Gasteiger partial charge is 0.229 e. The van der Waals surface area contributed by atoms with Gasteiger partial charge < -0.3 is 44.8 Å². The number of fused-ring (bicyclic) bond motifs is 2. The van der Waals surface area contributed by atoms with Crippen LogP contribution in [0.4, 0.5) is 0 Å². The molecule has 4 rings (SSSR count). The highest BCUT2D eigenvalue weighted by atomic mass is 16.7. The number of ether oxygens (including phenoxy) is 3. The Bertz CT molecular complexity index is 1060. The summed E-state index contributed by atoms with van der Waals surface area (Å²) in [5, 5.41) is 61.2. The zero-order chi connectivity index (χ0) is 22.4. The summed E-state index contributed by atoms with van der Waals surface area (Å²) in [7, 11) is 0. The Kier molecular flexibility index (Phi) is 5.50. The number of carbonyl (C=O) groups is 1. The van der Waals surface area contributed by atoms with Crippen LogP contribution in [0.1, 0.15) is 18.1 Å². The van der Waals surface area contributed by atoms with Crippen molar-refractivity contribution in [2.24, 2.45) is 0 Å². The summed E-state index contributed by atoms with van der Waals surface area (Å²) in [5.41, 5.74) is 0.897. The fourth-order valence-electron chi connectivity index (χ4n) is 3.82. The first-order valence-corrected chi connectivity index (χ1v) is 9.55. The molecule has 2 aromatic rings. The van der Waals surface area contributed by atoms with Gasteiger partial charge >= 0.3 is 0 Å². The van der Waals surface area contributed by atoms with E-state index in [0.717, 1.165) is 0 Å².